The Morgan fingerprint density at radius 3 is 2.56 bits per heavy atom. The van der Waals surface area contributed by atoms with E-state index in [0.29, 0.717) is 11.7 Å². The summed E-state index contributed by atoms with van der Waals surface area (Å²) in [6, 6.07) is 18.7. The second-order valence-corrected chi connectivity index (χ2v) is 7.83. The summed E-state index contributed by atoms with van der Waals surface area (Å²) in [4.78, 5) is 19.1. The average Bonchev–Trinajstić information content (AvgIpc) is 2.91. The molecule has 1 fully saturated rings. The topological polar surface area (TPSA) is 26.8 Å². The number of rotatable bonds is 6. The molecule has 4 rings (SSSR count). The van der Waals surface area contributed by atoms with Crippen molar-refractivity contribution in [2.75, 3.05) is 20.1 Å². The van der Waals surface area contributed by atoms with Crippen LogP contribution in [-0.4, -0.2) is 51.9 Å². The summed E-state index contributed by atoms with van der Waals surface area (Å²) in [7, 11) is 2.12. The van der Waals surface area contributed by atoms with Crippen molar-refractivity contribution in [2.24, 2.45) is 0 Å². The van der Waals surface area contributed by atoms with Crippen LogP contribution in [0.15, 0.2) is 54.6 Å². The van der Waals surface area contributed by atoms with E-state index in [2.05, 4.69) is 59.3 Å². The van der Waals surface area contributed by atoms with Gasteiger partial charge in [0.1, 0.15) is 6.04 Å². The zero-order valence-corrected chi connectivity index (χ0v) is 16.5. The van der Waals surface area contributed by atoms with Gasteiger partial charge < -0.3 is 9.80 Å². The van der Waals surface area contributed by atoms with Gasteiger partial charge in [0, 0.05) is 26.1 Å². The van der Waals surface area contributed by atoms with E-state index in [1.54, 1.807) is 0 Å². The molecule has 2 aliphatic heterocycles. The quantitative estimate of drug-likeness (QED) is 0.721. The van der Waals surface area contributed by atoms with E-state index in [-0.39, 0.29) is 11.9 Å². The second kappa shape index (κ2) is 7.79. The molecule has 2 aromatic carbocycles. The maximum Gasteiger partial charge on any atom is 0.251 e. The van der Waals surface area contributed by atoms with E-state index in [0.717, 1.165) is 32.5 Å². The molecule has 1 atom stereocenters. The predicted octanol–water partition coefficient (Wildman–Crippen LogP) is 3.06. The minimum atomic E-state index is -0.116. The maximum absolute atomic E-state index is 12.9. The third-order valence-electron chi connectivity index (χ3n) is 5.49. The third kappa shape index (κ3) is 3.75. The van der Waals surface area contributed by atoms with Crippen molar-refractivity contribution in [3.05, 3.63) is 71.3 Å². The Bertz CT molecular complexity index is 795. The molecular formula is C22H25N3OS. The molecule has 0 aliphatic carbocycles. The molecule has 1 unspecified atom stereocenters. The van der Waals surface area contributed by atoms with Crippen molar-refractivity contribution in [2.45, 2.75) is 32.0 Å². The highest BCUT2D eigenvalue weighted by atomic mass is 32.1. The Labute approximate surface area is 166 Å². The number of fused-ring (bicyclic) bond motifs is 2. The minimum absolute atomic E-state index is 0.116. The van der Waals surface area contributed by atoms with E-state index in [1.807, 2.05) is 17.0 Å². The molecule has 27 heavy (non-hydrogen) atoms. The Kier molecular flexibility index (Phi) is 5.23. The largest absolute Gasteiger partial charge is 0.332 e. The number of carbonyl (C=O) groups excluding carboxylic acids is 1. The molecule has 5 heteroatoms. The minimum Gasteiger partial charge on any atom is -0.332 e. The third-order valence-corrected chi connectivity index (χ3v) is 5.95. The fourth-order valence-electron chi connectivity index (χ4n) is 4.05. The first-order valence-corrected chi connectivity index (χ1v) is 9.95. The lowest BCUT2D eigenvalue weighted by molar-refractivity contribution is -0.128. The van der Waals surface area contributed by atoms with Gasteiger partial charge >= 0.3 is 0 Å². The van der Waals surface area contributed by atoms with Crippen LogP contribution in [0.4, 0.5) is 0 Å². The molecule has 0 saturated carbocycles. The van der Waals surface area contributed by atoms with Gasteiger partial charge in [0.15, 0.2) is 5.11 Å². The van der Waals surface area contributed by atoms with Gasteiger partial charge in [-0.25, -0.2) is 0 Å². The van der Waals surface area contributed by atoms with Gasteiger partial charge in [0.05, 0.1) is 0 Å². The predicted molar refractivity (Wildman–Crippen MR) is 111 cm³/mol. The Morgan fingerprint density at radius 1 is 1.07 bits per heavy atom. The van der Waals surface area contributed by atoms with Crippen LogP contribution in [0.3, 0.4) is 0 Å². The summed E-state index contributed by atoms with van der Waals surface area (Å²) in [5.41, 5.74) is 3.87. The lowest BCUT2D eigenvalue weighted by Gasteiger charge is -2.30. The summed E-state index contributed by atoms with van der Waals surface area (Å²) in [6.07, 6.45) is 1.68. The molecule has 1 saturated heterocycles. The van der Waals surface area contributed by atoms with Gasteiger partial charge in [-0.15, -0.1) is 0 Å². The molecule has 4 nitrogen and oxygen atoms in total. The number of amides is 1. The number of benzene rings is 2. The van der Waals surface area contributed by atoms with Crippen LogP contribution in [0.2, 0.25) is 0 Å². The van der Waals surface area contributed by atoms with Crippen LogP contribution >= 0.6 is 12.2 Å². The number of hydrogen-bond donors (Lipinski definition) is 0. The highest BCUT2D eigenvalue weighted by molar-refractivity contribution is 7.80. The molecule has 1 amide bonds. The lowest BCUT2D eigenvalue weighted by atomic mass is 9.95. The molecule has 2 aromatic rings. The van der Waals surface area contributed by atoms with Gasteiger partial charge in [-0.2, -0.15) is 0 Å². The lowest BCUT2D eigenvalue weighted by Crippen LogP contribution is -2.39. The van der Waals surface area contributed by atoms with Crippen LogP contribution in [0, 0.1) is 0 Å². The number of hydrogen-bond acceptors (Lipinski definition) is 3. The first kappa shape index (κ1) is 18.1. The molecule has 0 bridgehead atoms. The summed E-state index contributed by atoms with van der Waals surface area (Å²) >= 11 is 5.65. The second-order valence-electron chi connectivity index (χ2n) is 7.47. The maximum atomic E-state index is 12.9. The van der Waals surface area contributed by atoms with Gasteiger partial charge in [0.25, 0.3) is 5.91 Å². The highest BCUT2D eigenvalue weighted by Gasteiger charge is 2.44. The van der Waals surface area contributed by atoms with Crippen molar-refractivity contribution in [3.8, 4) is 0 Å². The van der Waals surface area contributed by atoms with Gasteiger partial charge in [-0.3, -0.25) is 9.69 Å². The SMILES string of the molecule is CN(CCCN1C(=O)C2Cc3ccccc3CN2C1=S)Cc1ccccc1. The monoisotopic (exact) mass is 379 g/mol. The van der Waals surface area contributed by atoms with Crippen LogP contribution in [0.5, 0.6) is 0 Å². The highest BCUT2D eigenvalue weighted by Crippen LogP contribution is 2.30. The summed E-state index contributed by atoms with van der Waals surface area (Å²) < 4.78 is 0. The van der Waals surface area contributed by atoms with E-state index >= 15 is 0 Å². The van der Waals surface area contributed by atoms with Crippen LogP contribution < -0.4 is 0 Å². The summed E-state index contributed by atoms with van der Waals surface area (Å²) in [5, 5.41) is 0.699. The first-order chi connectivity index (χ1) is 13.1. The summed E-state index contributed by atoms with van der Waals surface area (Å²) in [6.45, 7) is 3.30. The van der Waals surface area contributed by atoms with Crippen LogP contribution in [0.25, 0.3) is 0 Å². The average molecular weight is 380 g/mol. The molecule has 0 spiro atoms. The van der Waals surface area contributed by atoms with Gasteiger partial charge in [-0.05, 0) is 48.9 Å². The van der Waals surface area contributed by atoms with Crippen molar-refractivity contribution >= 4 is 23.2 Å². The van der Waals surface area contributed by atoms with Gasteiger partial charge in [0.2, 0.25) is 0 Å². The summed E-state index contributed by atoms with van der Waals surface area (Å²) in [5.74, 6) is 0.167. The van der Waals surface area contributed by atoms with Crippen molar-refractivity contribution in [1.29, 1.82) is 0 Å². The zero-order valence-electron chi connectivity index (χ0n) is 15.7. The van der Waals surface area contributed by atoms with E-state index in [4.69, 9.17) is 12.2 Å². The Morgan fingerprint density at radius 2 is 1.78 bits per heavy atom. The molecule has 2 heterocycles. The Hall–Kier alpha value is -2.24. The van der Waals surface area contributed by atoms with E-state index < -0.39 is 0 Å². The fraction of sp³-hybridized carbons (Fsp3) is 0.364. The first-order valence-electron chi connectivity index (χ1n) is 9.55. The van der Waals surface area contributed by atoms with Crippen molar-refractivity contribution in [3.63, 3.8) is 0 Å². The van der Waals surface area contributed by atoms with Crippen molar-refractivity contribution in [1.82, 2.24) is 14.7 Å². The van der Waals surface area contributed by atoms with Crippen LogP contribution in [-0.2, 0) is 24.3 Å². The van der Waals surface area contributed by atoms with Crippen LogP contribution in [0.1, 0.15) is 23.1 Å². The smallest absolute Gasteiger partial charge is 0.251 e. The molecule has 140 valence electrons. The number of carbonyl (C=O) groups is 1. The van der Waals surface area contributed by atoms with Gasteiger partial charge in [-0.1, -0.05) is 54.6 Å². The normalized spacial score (nSPS) is 18.8. The number of thiocarbonyl (C=S) groups is 1. The van der Waals surface area contributed by atoms with Crippen molar-refractivity contribution < 1.29 is 4.79 Å². The standard InChI is InChI=1S/C22H25N3OS/c1-23(15-17-8-3-2-4-9-17)12-7-13-24-21(26)20-14-18-10-5-6-11-19(18)16-25(20)22(24)27/h2-6,8-11,20H,7,12-16H2,1H3. The Balaban J connectivity index is 1.33. The van der Waals surface area contributed by atoms with E-state index in [1.165, 1.54) is 16.7 Å². The molecule has 0 aromatic heterocycles. The zero-order chi connectivity index (χ0) is 18.8. The molecule has 2 aliphatic rings. The molecule has 0 radical (unpaired) electrons. The van der Waals surface area contributed by atoms with E-state index in [9.17, 15) is 4.79 Å². The fourth-order valence-corrected chi connectivity index (χ4v) is 4.43. The number of nitrogens with zero attached hydrogens (tertiary/aromatic N) is 3. The molecule has 0 N–H and O–H groups in total. The molecular weight excluding hydrogens is 354 g/mol.